The standard InChI is InChI=1S/C15H19ClN2O3/c1-2-21-14(19)11-17-7-9-18(10-8-17)15(20)12-3-5-13(16)6-4-12/h3-6H,2,7-11H2,1H3. The minimum absolute atomic E-state index is 0.00227. The highest BCUT2D eigenvalue weighted by molar-refractivity contribution is 6.30. The third kappa shape index (κ3) is 4.44. The smallest absolute Gasteiger partial charge is 0.320 e. The zero-order valence-electron chi connectivity index (χ0n) is 12.0. The van der Waals surface area contributed by atoms with E-state index in [2.05, 4.69) is 0 Å². The molecule has 1 aromatic rings. The van der Waals surface area contributed by atoms with Crippen LogP contribution < -0.4 is 0 Å². The van der Waals surface area contributed by atoms with Crippen molar-refractivity contribution in [3.05, 3.63) is 34.9 Å². The third-order valence-electron chi connectivity index (χ3n) is 3.41. The normalized spacial score (nSPS) is 15.8. The summed E-state index contributed by atoms with van der Waals surface area (Å²) in [4.78, 5) is 27.5. The average molecular weight is 311 g/mol. The van der Waals surface area contributed by atoms with Gasteiger partial charge in [0.1, 0.15) is 0 Å². The van der Waals surface area contributed by atoms with E-state index in [1.165, 1.54) is 0 Å². The molecule has 0 atom stereocenters. The molecule has 1 aliphatic heterocycles. The van der Waals surface area contributed by atoms with E-state index >= 15 is 0 Å². The average Bonchev–Trinajstić information content (AvgIpc) is 2.48. The summed E-state index contributed by atoms with van der Waals surface area (Å²) in [6, 6.07) is 6.89. The van der Waals surface area contributed by atoms with Crippen molar-refractivity contribution >= 4 is 23.5 Å². The molecule has 0 radical (unpaired) electrons. The number of halogens is 1. The number of carbonyl (C=O) groups is 2. The number of benzene rings is 1. The fourth-order valence-corrected chi connectivity index (χ4v) is 2.40. The van der Waals surface area contributed by atoms with Crippen LogP contribution in [0.15, 0.2) is 24.3 Å². The van der Waals surface area contributed by atoms with Gasteiger partial charge in [0.25, 0.3) is 5.91 Å². The molecule has 1 amide bonds. The molecular weight excluding hydrogens is 292 g/mol. The van der Waals surface area contributed by atoms with Gasteiger partial charge in [0.2, 0.25) is 0 Å². The van der Waals surface area contributed by atoms with Gasteiger partial charge in [-0.3, -0.25) is 14.5 Å². The third-order valence-corrected chi connectivity index (χ3v) is 3.66. The van der Waals surface area contributed by atoms with Crippen molar-refractivity contribution in [2.45, 2.75) is 6.92 Å². The van der Waals surface area contributed by atoms with Crippen LogP contribution in [0.4, 0.5) is 0 Å². The van der Waals surface area contributed by atoms with Crippen LogP contribution in [0, 0.1) is 0 Å². The van der Waals surface area contributed by atoms with Gasteiger partial charge in [-0.2, -0.15) is 0 Å². The molecule has 0 saturated carbocycles. The van der Waals surface area contributed by atoms with Crippen molar-refractivity contribution in [3.63, 3.8) is 0 Å². The first-order valence-corrected chi connectivity index (χ1v) is 7.40. The molecule has 0 N–H and O–H groups in total. The SMILES string of the molecule is CCOC(=O)CN1CCN(C(=O)c2ccc(Cl)cc2)CC1. The molecule has 0 bridgehead atoms. The van der Waals surface area contributed by atoms with Gasteiger partial charge in [0, 0.05) is 36.8 Å². The molecule has 5 nitrogen and oxygen atoms in total. The van der Waals surface area contributed by atoms with Crippen LogP contribution in [0.2, 0.25) is 5.02 Å². The van der Waals surface area contributed by atoms with Gasteiger partial charge in [-0.25, -0.2) is 0 Å². The molecule has 1 heterocycles. The van der Waals surface area contributed by atoms with Crippen LogP contribution in [-0.2, 0) is 9.53 Å². The molecule has 6 heteroatoms. The zero-order chi connectivity index (χ0) is 15.2. The zero-order valence-corrected chi connectivity index (χ0v) is 12.8. The second kappa shape index (κ2) is 7.43. The monoisotopic (exact) mass is 310 g/mol. The Kier molecular flexibility index (Phi) is 5.59. The summed E-state index contributed by atoms with van der Waals surface area (Å²) < 4.78 is 4.93. The Labute approximate surface area is 129 Å². The highest BCUT2D eigenvalue weighted by Gasteiger charge is 2.23. The topological polar surface area (TPSA) is 49.9 Å². The van der Waals surface area contributed by atoms with E-state index in [0.29, 0.717) is 43.4 Å². The molecule has 1 fully saturated rings. The van der Waals surface area contributed by atoms with Crippen molar-refractivity contribution < 1.29 is 14.3 Å². The Bertz CT molecular complexity index is 496. The lowest BCUT2D eigenvalue weighted by atomic mass is 10.2. The number of carbonyl (C=O) groups excluding carboxylic acids is 2. The summed E-state index contributed by atoms with van der Waals surface area (Å²) in [5.41, 5.74) is 0.637. The predicted molar refractivity (Wildman–Crippen MR) is 80.4 cm³/mol. The van der Waals surface area contributed by atoms with E-state index in [9.17, 15) is 9.59 Å². The van der Waals surface area contributed by atoms with E-state index < -0.39 is 0 Å². The summed E-state index contributed by atoms with van der Waals surface area (Å²) in [6.07, 6.45) is 0. The van der Waals surface area contributed by atoms with Crippen LogP contribution in [-0.4, -0.2) is 61.0 Å². The summed E-state index contributed by atoms with van der Waals surface area (Å²) in [5, 5.41) is 0.616. The van der Waals surface area contributed by atoms with Crippen LogP contribution in [0.5, 0.6) is 0 Å². The Morgan fingerprint density at radius 2 is 1.76 bits per heavy atom. The maximum atomic E-state index is 12.3. The number of rotatable bonds is 4. The molecule has 0 aliphatic carbocycles. The van der Waals surface area contributed by atoms with Gasteiger partial charge in [-0.05, 0) is 31.2 Å². The first kappa shape index (κ1) is 15.8. The summed E-state index contributed by atoms with van der Waals surface area (Å²) in [5.74, 6) is -0.211. The molecule has 1 aromatic carbocycles. The second-order valence-corrected chi connectivity index (χ2v) is 5.32. The maximum Gasteiger partial charge on any atom is 0.320 e. The summed E-state index contributed by atoms with van der Waals surface area (Å²) in [6.45, 7) is 5.06. The fraction of sp³-hybridized carbons (Fsp3) is 0.467. The number of hydrogen-bond donors (Lipinski definition) is 0. The largest absolute Gasteiger partial charge is 0.465 e. The number of piperazine rings is 1. The van der Waals surface area contributed by atoms with E-state index in [-0.39, 0.29) is 18.4 Å². The van der Waals surface area contributed by atoms with Crippen LogP contribution in [0.25, 0.3) is 0 Å². The van der Waals surface area contributed by atoms with Gasteiger partial charge < -0.3 is 9.64 Å². The first-order chi connectivity index (χ1) is 10.1. The van der Waals surface area contributed by atoms with Crippen molar-refractivity contribution in [3.8, 4) is 0 Å². The Hall–Kier alpha value is -1.59. The lowest BCUT2D eigenvalue weighted by Crippen LogP contribution is -2.50. The molecule has 2 rings (SSSR count). The van der Waals surface area contributed by atoms with Gasteiger partial charge >= 0.3 is 5.97 Å². The molecule has 0 aromatic heterocycles. The van der Waals surface area contributed by atoms with Crippen LogP contribution in [0.3, 0.4) is 0 Å². The van der Waals surface area contributed by atoms with Gasteiger partial charge in [0.05, 0.1) is 13.2 Å². The van der Waals surface area contributed by atoms with E-state index in [1.54, 1.807) is 36.1 Å². The second-order valence-electron chi connectivity index (χ2n) is 4.88. The molecule has 1 saturated heterocycles. The highest BCUT2D eigenvalue weighted by Crippen LogP contribution is 2.13. The first-order valence-electron chi connectivity index (χ1n) is 7.03. The fourth-order valence-electron chi connectivity index (χ4n) is 2.27. The Morgan fingerprint density at radius 1 is 1.14 bits per heavy atom. The predicted octanol–water partition coefficient (Wildman–Crippen LogP) is 1.66. The van der Waals surface area contributed by atoms with Crippen molar-refractivity contribution in [2.24, 2.45) is 0 Å². The number of amides is 1. The van der Waals surface area contributed by atoms with Gasteiger partial charge in [0.15, 0.2) is 0 Å². The van der Waals surface area contributed by atoms with E-state index in [0.717, 1.165) is 0 Å². The number of nitrogens with zero attached hydrogens (tertiary/aromatic N) is 2. The highest BCUT2D eigenvalue weighted by atomic mass is 35.5. The Balaban J connectivity index is 1.84. The molecular formula is C15H19ClN2O3. The van der Waals surface area contributed by atoms with Crippen molar-refractivity contribution in [1.82, 2.24) is 9.80 Å². The van der Waals surface area contributed by atoms with Gasteiger partial charge in [-0.15, -0.1) is 0 Å². The maximum absolute atomic E-state index is 12.3. The van der Waals surface area contributed by atoms with E-state index in [1.807, 2.05) is 4.90 Å². The lowest BCUT2D eigenvalue weighted by molar-refractivity contribution is -0.144. The lowest BCUT2D eigenvalue weighted by Gasteiger charge is -2.34. The quantitative estimate of drug-likeness (QED) is 0.794. The summed E-state index contributed by atoms with van der Waals surface area (Å²) >= 11 is 5.82. The van der Waals surface area contributed by atoms with Crippen molar-refractivity contribution in [2.75, 3.05) is 39.3 Å². The molecule has 1 aliphatic rings. The summed E-state index contributed by atoms with van der Waals surface area (Å²) in [7, 11) is 0. The number of ether oxygens (including phenoxy) is 1. The molecule has 0 unspecified atom stereocenters. The minimum atomic E-state index is -0.213. The molecule has 0 spiro atoms. The minimum Gasteiger partial charge on any atom is -0.465 e. The van der Waals surface area contributed by atoms with Gasteiger partial charge in [-0.1, -0.05) is 11.6 Å². The number of hydrogen-bond acceptors (Lipinski definition) is 4. The number of esters is 1. The van der Waals surface area contributed by atoms with Crippen molar-refractivity contribution in [1.29, 1.82) is 0 Å². The van der Waals surface area contributed by atoms with Crippen LogP contribution in [0.1, 0.15) is 17.3 Å². The molecule has 21 heavy (non-hydrogen) atoms. The molecule has 114 valence electrons. The van der Waals surface area contributed by atoms with E-state index in [4.69, 9.17) is 16.3 Å². The van der Waals surface area contributed by atoms with Crippen LogP contribution >= 0.6 is 11.6 Å². The Morgan fingerprint density at radius 3 is 2.33 bits per heavy atom.